The molecular weight excluding hydrogens is 495 g/mol. The van der Waals surface area contributed by atoms with Crippen molar-refractivity contribution in [3.63, 3.8) is 0 Å². The fourth-order valence-electron chi connectivity index (χ4n) is 3.15. The number of imidazole rings is 1. The Labute approximate surface area is 198 Å². The number of hydrogen-bond acceptors (Lipinski definition) is 7. The van der Waals surface area contributed by atoms with E-state index in [2.05, 4.69) is 25.6 Å². The van der Waals surface area contributed by atoms with Gasteiger partial charge < -0.3 is 24.3 Å². The predicted molar refractivity (Wildman–Crippen MR) is 119 cm³/mol. The van der Waals surface area contributed by atoms with Crippen LogP contribution >= 0.6 is 11.6 Å². The first kappa shape index (κ1) is 23.8. The summed E-state index contributed by atoms with van der Waals surface area (Å²) in [6, 6.07) is 3.49. The second-order valence-electron chi connectivity index (χ2n) is 7.19. The summed E-state index contributed by atoms with van der Waals surface area (Å²) in [7, 11) is 2.73. The summed E-state index contributed by atoms with van der Waals surface area (Å²) in [6.45, 7) is 0. The molecular formula is C20H15ClF3N7O4. The molecule has 1 amide bonds. The topological polar surface area (TPSA) is 136 Å². The maximum atomic E-state index is 13.2. The van der Waals surface area contributed by atoms with E-state index in [-0.39, 0.29) is 45.1 Å². The number of hydrogen-bond donors (Lipinski definition) is 3. The highest BCUT2D eigenvalue weighted by Crippen LogP contribution is 2.36. The second-order valence-corrected chi connectivity index (χ2v) is 7.57. The van der Waals surface area contributed by atoms with E-state index in [0.717, 1.165) is 4.57 Å². The molecule has 0 aliphatic rings. The van der Waals surface area contributed by atoms with Crippen LogP contribution in [-0.4, -0.2) is 35.3 Å². The Balaban J connectivity index is 1.70. The van der Waals surface area contributed by atoms with Crippen LogP contribution in [0.25, 0.3) is 11.2 Å². The minimum Gasteiger partial charge on any atom is -0.465 e. The van der Waals surface area contributed by atoms with Crippen LogP contribution in [-0.2, 0) is 20.3 Å². The molecule has 11 nitrogen and oxygen atoms in total. The molecule has 0 aromatic carbocycles. The quantitative estimate of drug-likeness (QED) is 0.361. The Hall–Kier alpha value is -4.33. The van der Waals surface area contributed by atoms with Gasteiger partial charge in [0.2, 0.25) is 5.95 Å². The zero-order valence-electron chi connectivity index (χ0n) is 17.9. The first-order valence-corrected chi connectivity index (χ1v) is 10.0. The summed E-state index contributed by atoms with van der Waals surface area (Å²) >= 11 is 6.49. The lowest BCUT2D eigenvalue weighted by Crippen LogP contribution is -2.23. The van der Waals surface area contributed by atoms with Gasteiger partial charge >= 0.3 is 12.3 Å². The molecule has 4 aromatic rings. The van der Waals surface area contributed by atoms with Gasteiger partial charge in [-0.25, -0.2) is 14.8 Å². The Morgan fingerprint density at radius 1 is 1.23 bits per heavy atom. The van der Waals surface area contributed by atoms with E-state index in [4.69, 9.17) is 21.4 Å². The SMILES string of the molecule is Cn1cc(C(F)(F)F)cc(Nc2nc3ncc(Oc4ccnc(NC(=O)O)c4)c(Cl)c3n2C)c1=O. The zero-order valence-corrected chi connectivity index (χ0v) is 18.6. The molecule has 0 fully saturated rings. The minimum absolute atomic E-state index is 0.0137. The van der Waals surface area contributed by atoms with Crippen LogP contribution in [0.4, 0.5) is 35.4 Å². The summed E-state index contributed by atoms with van der Waals surface area (Å²) in [6.07, 6.45) is -2.67. The van der Waals surface area contributed by atoms with Crippen LogP contribution < -0.4 is 20.9 Å². The normalized spacial score (nSPS) is 11.5. The first-order chi connectivity index (χ1) is 16.4. The lowest BCUT2D eigenvalue weighted by Gasteiger charge is -2.12. The molecule has 3 N–H and O–H groups in total. The van der Waals surface area contributed by atoms with Crippen LogP contribution in [0.3, 0.4) is 0 Å². The molecule has 0 aliphatic heterocycles. The van der Waals surface area contributed by atoms with Crippen molar-refractivity contribution in [3.8, 4) is 11.5 Å². The summed E-state index contributed by atoms with van der Waals surface area (Å²) in [5, 5.41) is 13.6. The fraction of sp³-hybridized carbons (Fsp3) is 0.150. The number of amides is 1. The van der Waals surface area contributed by atoms with Gasteiger partial charge in [-0.05, 0) is 12.1 Å². The smallest absolute Gasteiger partial charge is 0.417 e. The van der Waals surface area contributed by atoms with E-state index in [1.54, 1.807) is 0 Å². The molecule has 4 aromatic heterocycles. The van der Waals surface area contributed by atoms with Crippen molar-refractivity contribution in [1.82, 2.24) is 24.1 Å². The largest absolute Gasteiger partial charge is 0.465 e. The van der Waals surface area contributed by atoms with E-state index >= 15 is 0 Å². The minimum atomic E-state index is -4.65. The number of halogens is 4. The number of fused-ring (bicyclic) bond motifs is 1. The Kier molecular flexibility index (Phi) is 5.98. The van der Waals surface area contributed by atoms with Crippen molar-refractivity contribution in [2.75, 3.05) is 10.6 Å². The third-order valence-electron chi connectivity index (χ3n) is 4.76. The zero-order chi connectivity index (χ0) is 25.5. The average molecular weight is 510 g/mol. The Morgan fingerprint density at radius 3 is 2.66 bits per heavy atom. The van der Waals surface area contributed by atoms with Gasteiger partial charge in [-0.1, -0.05) is 11.6 Å². The van der Waals surface area contributed by atoms with Crippen LogP contribution in [0.2, 0.25) is 5.02 Å². The molecule has 0 saturated carbocycles. The summed E-state index contributed by atoms with van der Waals surface area (Å²) in [5.41, 5.74) is -1.64. The van der Waals surface area contributed by atoms with Gasteiger partial charge in [-0.15, -0.1) is 0 Å². The molecule has 15 heteroatoms. The number of ether oxygens (including phenoxy) is 1. The highest BCUT2D eigenvalue weighted by Gasteiger charge is 2.32. The summed E-state index contributed by atoms with van der Waals surface area (Å²) in [5.74, 6) is 0.339. The number of nitrogens with zero attached hydrogens (tertiary/aromatic N) is 5. The molecule has 0 spiro atoms. The maximum Gasteiger partial charge on any atom is 0.417 e. The van der Waals surface area contributed by atoms with Crippen LogP contribution in [0.15, 0.2) is 41.6 Å². The van der Waals surface area contributed by atoms with Crippen molar-refractivity contribution >= 4 is 46.3 Å². The number of carboxylic acid groups (broad SMARTS) is 1. The summed E-state index contributed by atoms with van der Waals surface area (Å²) in [4.78, 5) is 35.4. The average Bonchev–Trinajstić information content (AvgIpc) is 3.08. The van der Waals surface area contributed by atoms with E-state index in [1.165, 1.54) is 43.2 Å². The van der Waals surface area contributed by atoms with Crippen molar-refractivity contribution in [1.29, 1.82) is 0 Å². The number of aryl methyl sites for hydroxylation is 2. The number of nitrogens with one attached hydrogen (secondary N) is 2. The van der Waals surface area contributed by atoms with Crippen molar-refractivity contribution in [3.05, 3.63) is 57.7 Å². The molecule has 4 heterocycles. The molecule has 0 unspecified atom stereocenters. The van der Waals surface area contributed by atoms with Gasteiger partial charge in [0.1, 0.15) is 27.8 Å². The number of anilines is 3. The van der Waals surface area contributed by atoms with Crippen molar-refractivity contribution < 1.29 is 27.8 Å². The van der Waals surface area contributed by atoms with Gasteiger partial charge in [0.05, 0.1) is 11.8 Å². The lowest BCUT2D eigenvalue weighted by molar-refractivity contribution is -0.138. The van der Waals surface area contributed by atoms with Crippen molar-refractivity contribution in [2.24, 2.45) is 14.1 Å². The summed E-state index contributed by atoms with van der Waals surface area (Å²) < 4.78 is 47.5. The first-order valence-electron chi connectivity index (χ1n) is 9.63. The van der Waals surface area contributed by atoms with E-state index in [9.17, 15) is 22.8 Å². The van der Waals surface area contributed by atoms with Crippen LogP contribution in [0.1, 0.15) is 5.56 Å². The molecule has 0 saturated heterocycles. The molecule has 35 heavy (non-hydrogen) atoms. The predicted octanol–water partition coefficient (Wildman–Crippen LogP) is 4.36. The van der Waals surface area contributed by atoms with Gasteiger partial charge in [0, 0.05) is 32.6 Å². The fourth-order valence-corrected chi connectivity index (χ4v) is 3.45. The van der Waals surface area contributed by atoms with Gasteiger partial charge in [0.25, 0.3) is 5.56 Å². The Bertz CT molecular complexity index is 1520. The number of alkyl halides is 3. The molecule has 4 rings (SSSR count). The Morgan fingerprint density at radius 2 is 1.97 bits per heavy atom. The van der Waals surface area contributed by atoms with Crippen LogP contribution in [0, 0.1) is 0 Å². The third kappa shape index (κ3) is 4.82. The van der Waals surface area contributed by atoms with E-state index in [1.807, 2.05) is 0 Å². The lowest BCUT2D eigenvalue weighted by atomic mass is 10.2. The molecule has 0 radical (unpaired) electrons. The van der Waals surface area contributed by atoms with Gasteiger partial charge in [0.15, 0.2) is 11.4 Å². The number of carbonyl (C=O) groups is 1. The standard InChI is InChI=1S/C20H15ClF3N7O4/c1-30-8-9(20(22,23)24)5-11(17(30)32)27-18-29-16-15(31(18)2)14(21)12(7-26-16)35-10-3-4-25-13(6-10)28-19(33)34/h3-8H,1-2H3,(H,25,28)(H,33,34)(H,26,27,29). The van der Waals surface area contributed by atoms with Gasteiger partial charge in [-0.2, -0.15) is 18.2 Å². The van der Waals surface area contributed by atoms with E-state index < -0.39 is 23.4 Å². The maximum absolute atomic E-state index is 13.2. The highest BCUT2D eigenvalue weighted by atomic mass is 35.5. The molecule has 182 valence electrons. The molecule has 0 aliphatic carbocycles. The highest BCUT2D eigenvalue weighted by molar-refractivity contribution is 6.36. The number of rotatable bonds is 5. The number of pyridine rings is 3. The van der Waals surface area contributed by atoms with Crippen LogP contribution in [0.5, 0.6) is 11.5 Å². The molecule has 0 bridgehead atoms. The second kappa shape index (κ2) is 8.79. The number of aromatic nitrogens is 5. The van der Waals surface area contributed by atoms with Gasteiger partial charge in [-0.3, -0.25) is 10.1 Å². The third-order valence-corrected chi connectivity index (χ3v) is 5.12. The molecule has 0 atom stereocenters. The van der Waals surface area contributed by atoms with E-state index in [0.29, 0.717) is 12.3 Å². The van der Waals surface area contributed by atoms with Crippen molar-refractivity contribution in [2.45, 2.75) is 6.18 Å². The monoisotopic (exact) mass is 509 g/mol.